The van der Waals surface area contributed by atoms with Crippen molar-refractivity contribution < 1.29 is 9.90 Å². The van der Waals surface area contributed by atoms with Crippen molar-refractivity contribution in [2.75, 3.05) is 0 Å². The number of carbonyl (C=O) groups excluding carboxylic acids is 1. The predicted molar refractivity (Wildman–Crippen MR) is 56.6 cm³/mol. The number of phenolic OH excluding ortho intramolecular Hbond substituents is 1. The maximum atomic E-state index is 11.7. The van der Waals surface area contributed by atoms with Gasteiger partial charge in [0, 0.05) is 6.42 Å². The molecule has 0 fully saturated rings. The zero-order valence-electron chi connectivity index (χ0n) is 8.87. The Morgan fingerprint density at radius 1 is 1.43 bits per heavy atom. The molecule has 14 heavy (non-hydrogen) atoms. The number of phenols is 1. The number of aromatic hydroxyl groups is 1. The number of benzene rings is 1. The first-order valence-electron chi connectivity index (χ1n) is 4.84. The zero-order valence-corrected chi connectivity index (χ0v) is 8.87. The van der Waals surface area contributed by atoms with E-state index in [0.717, 1.165) is 5.56 Å². The molecule has 1 rings (SSSR count). The third-order valence-electron chi connectivity index (χ3n) is 2.13. The predicted octanol–water partition coefficient (Wildman–Crippen LogP) is 2.93. The Kier molecular flexibility index (Phi) is 3.28. The fraction of sp³-hybridized carbons (Fsp3) is 0.417. The molecule has 0 aliphatic rings. The van der Waals surface area contributed by atoms with Crippen LogP contribution in [0.25, 0.3) is 0 Å². The van der Waals surface area contributed by atoms with Crippen LogP contribution in [0.5, 0.6) is 5.75 Å². The highest BCUT2D eigenvalue weighted by atomic mass is 16.3. The highest BCUT2D eigenvalue weighted by molar-refractivity contribution is 5.98. The SMILES string of the molecule is Cc1cccc(C(=O)CC(C)C)c1O. The maximum Gasteiger partial charge on any atom is 0.166 e. The number of para-hydroxylation sites is 1. The molecule has 0 atom stereocenters. The summed E-state index contributed by atoms with van der Waals surface area (Å²) in [4.78, 5) is 11.7. The molecular weight excluding hydrogens is 176 g/mol. The van der Waals surface area contributed by atoms with Crippen LogP contribution in [0.1, 0.15) is 36.2 Å². The van der Waals surface area contributed by atoms with Crippen LogP contribution in [0.2, 0.25) is 0 Å². The molecular formula is C12H16O2. The minimum Gasteiger partial charge on any atom is -0.507 e. The van der Waals surface area contributed by atoms with Crippen LogP contribution in [-0.4, -0.2) is 10.9 Å². The fourth-order valence-electron chi connectivity index (χ4n) is 1.36. The van der Waals surface area contributed by atoms with Crippen LogP contribution in [0, 0.1) is 12.8 Å². The zero-order chi connectivity index (χ0) is 10.7. The Morgan fingerprint density at radius 3 is 2.64 bits per heavy atom. The van der Waals surface area contributed by atoms with Gasteiger partial charge in [-0.15, -0.1) is 0 Å². The van der Waals surface area contributed by atoms with E-state index in [1.165, 1.54) is 0 Å². The summed E-state index contributed by atoms with van der Waals surface area (Å²) in [6, 6.07) is 5.26. The summed E-state index contributed by atoms with van der Waals surface area (Å²) in [5.41, 5.74) is 1.19. The molecule has 2 heteroatoms. The van der Waals surface area contributed by atoms with Gasteiger partial charge in [0.05, 0.1) is 5.56 Å². The molecule has 0 amide bonds. The molecule has 0 radical (unpaired) electrons. The molecule has 2 nitrogen and oxygen atoms in total. The van der Waals surface area contributed by atoms with Crippen molar-refractivity contribution in [3.63, 3.8) is 0 Å². The topological polar surface area (TPSA) is 37.3 Å². The van der Waals surface area contributed by atoms with E-state index in [1.54, 1.807) is 25.1 Å². The van der Waals surface area contributed by atoms with Crippen LogP contribution >= 0.6 is 0 Å². The first kappa shape index (κ1) is 10.8. The minimum absolute atomic E-state index is 0.0150. The Labute approximate surface area is 84.6 Å². The van der Waals surface area contributed by atoms with Crippen molar-refractivity contribution in [3.8, 4) is 5.75 Å². The average molecular weight is 192 g/mol. The van der Waals surface area contributed by atoms with Crippen LogP contribution in [0.4, 0.5) is 0 Å². The highest BCUT2D eigenvalue weighted by Gasteiger charge is 2.13. The molecule has 0 aliphatic heterocycles. The van der Waals surface area contributed by atoms with Gasteiger partial charge in [-0.05, 0) is 24.5 Å². The third kappa shape index (κ3) is 2.34. The van der Waals surface area contributed by atoms with Crippen molar-refractivity contribution in [2.24, 2.45) is 5.92 Å². The van der Waals surface area contributed by atoms with E-state index < -0.39 is 0 Å². The summed E-state index contributed by atoms with van der Waals surface area (Å²) in [6.45, 7) is 5.77. The fourth-order valence-corrected chi connectivity index (χ4v) is 1.36. The molecule has 0 aromatic heterocycles. The van der Waals surface area contributed by atoms with Crippen molar-refractivity contribution in [2.45, 2.75) is 27.2 Å². The molecule has 1 aromatic carbocycles. The Morgan fingerprint density at radius 2 is 2.07 bits per heavy atom. The average Bonchev–Trinajstić information content (AvgIpc) is 2.08. The lowest BCUT2D eigenvalue weighted by molar-refractivity contribution is 0.0965. The van der Waals surface area contributed by atoms with E-state index in [2.05, 4.69) is 0 Å². The Bertz CT molecular complexity index is 340. The van der Waals surface area contributed by atoms with Crippen molar-refractivity contribution in [3.05, 3.63) is 29.3 Å². The highest BCUT2D eigenvalue weighted by Crippen LogP contribution is 2.23. The standard InChI is InChI=1S/C12H16O2/c1-8(2)7-11(13)10-6-4-5-9(3)12(10)14/h4-6,8,14H,7H2,1-3H3. The molecule has 0 saturated carbocycles. The summed E-state index contributed by atoms with van der Waals surface area (Å²) in [7, 11) is 0. The Hall–Kier alpha value is -1.31. The van der Waals surface area contributed by atoms with E-state index in [1.807, 2.05) is 13.8 Å². The third-order valence-corrected chi connectivity index (χ3v) is 2.13. The molecule has 0 unspecified atom stereocenters. The van der Waals surface area contributed by atoms with Crippen molar-refractivity contribution in [1.29, 1.82) is 0 Å². The summed E-state index contributed by atoms with van der Waals surface area (Å²) >= 11 is 0. The lowest BCUT2D eigenvalue weighted by Gasteiger charge is -2.07. The summed E-state index contributed by atoms with van der Waals surface area (Å²) in [5, 5.41) is 9.66. The normalized spacial score (nSPS) is 10.6. The smallest absolute Gasteiger partial charge is 0.166 e. The van der Waals surface area contributed by atoms with Crippen molar-refractivity contribution in [1.82, 2.24) is 0 Å². The van der Waals surface area contributed by atoms with Gasteiger partial charge in [0.2, 0.25) is 0 Å². The number of carbonyl (C=O) groups is 1. The number of Topliss-reactive ketones (excluding diaryl/α,β-unsaturated/α-hetero) is 1. The molecule has 1 aromatic rings. The van der Waals surface area contributed by atoms with Gasteiger partial charge in [-0.3, -0.25) is 4.79 Å². The van der Waals surface area contributed by atoms with E-state index in [9.17, 15) is 9.90 Å². The van der Waals surface area contributed by atoms with E-state index in [-0.39, 0.29) is 11.5 Å². The maximum absolute atomic E-state index is 11.7. The van der Waals surface area contributed by atoms with Crippen molar-refractivity contribution >= 4 is 5.78 Å². The monoisotopic (exact) mass is 192 g/mol. The number of rotatable bonds is 3. The lowest BCUT2D eigenvalue weighted by Crippen LogP contribution is -2.04. The van der Waals surface area contributed by atoms with Crippen LogP contribution < -0.4 is 0 Å². The van der Waals surface area contributed by atoms with Gasteiger partial charge >= 0.3 is 0 Å². The number of aryl methyl sites for hydroxylation is 1. The minimum atomic E-state index is 0.0150. The summed E-state index contributed by atoms with van der Waals surface area (Å²) in [6.07, 6.45) is 0.483. The largest absolute Gasteiger partial charge is 0.507 e. The van der Waals surface area contributed by atoms with E-state index in [4.69, 9.17) is 0 Å². The number of hydrogen-bond donors (Lipinski definition) is 1. The number of hydrogen-bond acceptors (Lipinski definition) is 2. The van der Waals surface area contributed by atoms with Gasteiger partial charge in [-0.1, -0.05) is 26.0 Å². The first-order chi connectivity index (χ1) is 6.52. The van der Waals surface area contributed by atoms with Gasteiger partial charge in [0.15, 0.2) is 5.78 Å². The van der Waals surface area contributed by atoms with Gasteiger partial charge < -0.3 is 5.11 Å². The second-order valence-electron chi connectivity index (χ2n) is 3.99. The summed E-state index contributed by atoms with van der Waals surface area (Å²) < 4.78 is 0. The van der Waals surface area contributed by atoms with Crippen LogP contribution in [-0.2, 0) is 0 Å². The summed E-state index contributed by atoms with van der Waals surface area (Å²) in [5.74, 6) is 0.460. The van der Waals surface area contributed by atoms with Crippen LogP contribution in [0.3, 0.4) is 0 Å². The van der Waals surface area contributed by atoms with Crippen LogP contribution in [0.15, 0.2) is 18.2 Å². The lowest BCUT2D eigenvalue weighted by atomic mass is 9.99. The van der Waals surface area contributed by atoms with Gasteiger partial charge in [0.1, 0.15) is 5.75 Å². The molecule has 1 N–H and O–H groups in total. The second-order valence-corrected chi connectivity index (χ2v) is 3.99. The quantitative estimate of drug-likeness (QED) is 0.747. The second kappa shape index (κ2) is 4.27. The van der Waals surface area contributed by atoms with Gasteiger partial charge in [0.25, 0.3) is 0 Å². The molecule has 76 valence electrons. The number of ketones is 1. The van der Waals surface area contributed by atoms with E-state index >= 15 is 0 Å². The van der Waals surface area contributed by atoms with E-state index in [0.29, 0.717) is 17.9 Å². The van der Waals surface area contributed by atoms with Gasteiger partial charge in [-0.25, -0.2) is 0 Å². The first-order valence-corrected chi connectivity index (χ1v) is 4.84. The van der Waals surface area contributed by atoms with Gasteiger partial charge in [-0.2, -0.15) is 0 Å². The molecule has 0 bridgehead atoms. The molecule has 0 spiro atoms. The molecule has 0 heterocycles. The Balaban J connectivity index is 2.96. The molecule has 0 aliphatic carbocycles. The molecule has 0 saturated heterocycles.